The van der Waals surface area contributed by atoms with Gasteiger partial charge in [0.1, 0.15) is 0 Å². The minimum atomic E-state index is -2.19. The second-order valence-corrected chi connectivity index (χ2v) is 2.14. The summed E-state index contributed by atoms with van der Waals surface area (Å²) in [5, 5.41) is 0. The molecule has 0 unspecified atom stereocenters. The molecule has 0 aliphatic carbocycles. The molecule has 1 atom stereocenters. The highest BCUT2D eigenvalue weighted by Gasteiger charge is 2.05. The van der Waals surface area contributed by atoms with E-state index >= 15 is 0 Å². The Balaban J connectivity index is 3.06. The monoisotopic (exact) mass is 137 g/mol. The average Bonchev–Trinajstić information content (AvgIpc) is 1.83. The predicted octanol–water partition coefficient (Wildman–Crippen LogP) is 1.77. The second-order valence-electron chi connectivity index (χ2n) is 2.14. The molecule has 1 nitrogen and oxygen atoms in total. The number of alkyl halides is 2. The first-order valence-corrected chi connectivity index (χ1v) is 3.20. The smallest absolute Gasteiger partial charge is 0.238 e. The van der Waals surface area contributed by atoms with Crippen molar-refractivity contribution in [1.82, 2.24) is 0 Å². The lowest BCUT2D eigenvalue weighted by molar-refractivity contribution is 0.132. The van der Waals surface area contributed by atoms with Gasteiger partial charge in [0.2, 0.25) is 6.43 Å². The van der Waals surface area contributed by atoms with E-state index in [1.165, 1.54) is 0 Å². The standard InChI is InChI=1S/C6H13F2N/c1-2-5(9)3-4-6(7)8/h5-6H,2-4,9H2,1H3/t5-/m1/s1. The Bertz CT molecular complexity index is 66.1. The molecular formula is C6H13F2N. The average molecular weight is 137 g/mol. The Kier molecular flexibility index (Phi) is 4.58. The molecule has 56 valence electrons. The molecule has 0 rings (SSSR count). The lowest BCUT2D eigenvalue weighted by Crippen LogP contribution is -2.19. The van der Waals surface area contributed by atoms with Gasteiger partial charge in [0, 0.05) is 12.5 Å². The van der Waals surface area contributed by atoms with Crippen molar-refractivity contribution in [1.29, 1.82) is 0 Å². The van der Waals surface area contributed by atoms with Gasteiger partial charge in [-0.15, -0.1) is 0 Å². The van der Waals surface area contributed by atoms with Crippen LogP contribution in [0.5, 0.6) is 0 Å². The zero-order valence-electron chi connectivity index (χ0n) is 5.61. The Morgan fingerprint density at radius 1 is 1.33 bits per heavy atom. The van der Waals surface area contributed by atoms with E-state index in [9.17, 15) is 8.78 Å². The summed E-state index contributed by atoms with van der Waals surface area (Å²) in [6, 6.07) is -0.0426. The van der Waals surface area contributed by atoms with E-state index in [-0.39, 0.29) is 12.5 Å². The van der Waals surface area contributed by atoms with Gasteiger partial charge in [0.25, 0.3) is 0 Å². The van der Waals surface area contributed by atoms with E-state index < -0.39 is 6.43 Å². The SMILES string of the molecule is CC[C@@H](N)CCC(F)F. The summed E-state index contributed by atoms with van der Waals surface area (Å²) >= 11 is 0. The van der Waals surface area contributed by atoms with Crippen LogP contribution in [-0.2, 0) is 0 Å². The molecule has 0 saturated carbocycles. The van der Waals surface area contributed by atoms with E-state index in [2.05, 4.69) is 0 Å². The molecular weight excluding hydrogens is 124 g/mol. The lowest BCUT2D eigenvalue weighted by atomic mass is 10.1. The molecule has 2 N–H and O–H groups in total. The van der Waals surface area contributed by atoms with Crippen molar-refractivity contribution < 1.29 is 8.78 Å². The fraction of sp³-hybridized carbons (Fsp3) is 1.00. The summed E-state index contributed by atoms with van der Waals surface area (Å²) in [6.07, 6.45) is -1.03. The van der Waals surface area contributed by atoms with Gasteiger partial charge in [-0.3, -0.25) is 0 Å². The van der Waals surface area contributed by atoms with E-state index in [0.717, 1.165) is 6.42 Å². The van der Waals surface area contributed by atoms with Crippen LogP contribution in [0.25, 0.3) is 0 Å². The van der Waals surface area contributed by atoms with Crippen molar-refractivity contribution in [2.45, 2.75) is 38.7 Å². The van der Waals surface area contributed by atoms with Gasteiger partial charge in [-0.1, -0.05) is 6.92 Å². The van der Waals surface area contributed by atoms with Crippen LogP contribution in [0, 0.1) is 0 Å². The van der Waals surface area contributed by atoms with Crippen LogP contribution in [0.2, 0.25) is 0 Å². The molecule has 0 bridgehead atoms. The summed E-state index contributed by atoms with van der Waals surface area (Å²) in [5.41, 5.74) is 5.39. The van der Waals surface area contributed by atoms with Crippen LogP contribution in [-0.4, -0.2) is 12.5 Å². The van der Waals surface area contributed by atoms with Gasteiger partial charge in [-0.2, -0.15) is 0 Å². The van der Waals surface area contributed by atoms with Gasteiger partial charge in [-0.05, 0) is 12.8 Å². The van der Waals surface area contributed by atoms with E-state index in [1.807, 2.05) is 6.92 Å². The minimum Gasteiger partial charge on any atom is -0.328 e. The van der Waals surface area contributed by atoms with E-state index in [4.69, 9.17) is 5.73 Å². The Hall–Kier alpha value is -0.180. The van der Waals surface area contributed by atoms with Crippen LogP contribution in [0.1, 0.15) is 26.2 Å². The number of halogens is 2. The number of hydrogen-bond acceptors (Lipinski definition) is 1. The highest BCUT2D eigenvalue weighted by molar-refractivity contribution is 4.58. The molecule has 0 radical (unpaired) electrons. The molecule has 0 aliphatic rings. The molecule has 9 heavy (non-hydrogen) atoms. The third-order valence-electron chi connectivity index (χ3n) is 1.28. The van der Waals surface area contributed by atoms with E-state index in [0.29, 0.717) is 6.42 Å². The molecule has 0 aliphatic heterocycles. The first-order chi connectivity index (χ1) is 4.16. The van der Waals surface area contributed by atoms with Crippen LogP contribution in [0.4, 0.5) is 8.78 Å². The fourth-order valence-corrected chi connectivity index (χ4v) is 0.544. The molecule has 0 aromatic rings. The lowest BCUT2D eigenvalue weighted by Gasteiger charge is -2.06. The Morgan fingerprint density at radius 2 is 1.89 bits per heavy atom. The summed E-state index contributed by atoms with van der Waals surface area (Å²) in [5.74, 6) is 0. The van der Waals surface area contributed by atoms with Crippen LogP contribution in [0.3, 0.4) is 0 Å². The van der Waals surface area contributed by atoms with Crippen molar-refractivity contribution in [2.75, 3.05) is 0 Å². The van der Waals surface area contributed by atoms with Crippen molar-refractivity contribution in [3.05, 3.63) is 0 Å². The van der Waals surface area contributed by atoms with Crippen LogP contribution >= 0.6 is 0 Å². The Morgan fingerprint density at radius 3 is 2.22 bits per heavy atom. The van der Waals surface area contributed by atoms with Gasteiger partial charge in [0.15, 0.2) is 0 Å². The van der Waals surface area contributed by atoms with Crippen molar-refractivity contribution in [3.8, 4) is 0 Å². The zero-order valence-corrected chi connectivity index (χ0v) is 5.61. The Labute approximate surface area is 54.2 Å². The summed E-state index contributed by atoms with van der Waals surface area (Å²) in [7, 11) is 0. The maximum atomic E-state index is 11.5. The third kappa shape index (κ3) is 5.69. The second kappa shape index (κ2) is 4.68. The summed E-state index contributed by atoms with van der Waals surface area (Å²) < 4.78 is 23.0. The first kappa shape index (κ1) is 8.82. The molecule has 0 aromatic carbocycles. The van der Waals surface area contributed by atoms with Crippen LogP contribution in [0.15, 0.2) is 0 Å². The summed E-state index contributed by atoms with van der Waals surface area (Å²) in [4.78, 5) is 0. The molecule has 0 spiro atoms. The first-order valence-electron chi connectivity index (χ1n) is 3.20. The maximum absolute atomic E-state index is 11.5. The van der Waals surface area contributed by atoms with Crippen LogP contribution < -0.4 is 5.73 Å². The van der Waals surface area contributed by atoms with Gasteiger partial charge >= 0.3 is 0 Å². The minimum absolute atomic E-state index is 0.0426. The van der Waals surface area contributed by atoms with E-state index in [1.54, 1.807) is 0 Å². The third-order valence-corrected chi connectivity index (χ3v) is 1.28. The highest BCUT2D eigenvalue weighted by atomic mass is 19.3. The number of nitrogens with two attached hydrogens (primary N) is 1. The topological polar surface area (TPSA) is 26.0 Å². The summed E-state index contributed by atoms with van der Waals surface area (Å²) in [6.45, 7) is 1.90. The molecule has 0 amide bonds. The molecule has 3 heteroatoms. The molecule has 0 heterocycles. The van der Waals surface area contributed by atoms with Gasteiger partial charge in [-0.25, -0.2) is 8.78 Å². The predicted molar refractivity (Wildman–Crippen MR) is 33.5 cm³/mol. The normalized spacial score (nSPS) is 14.3. The van der Waals surface area contributed by atoms with Crippen molar-refractivity contribution in [3.63, 3.8) is 0 Å². The largest absolute Gasteiger partial charge is 0.328 e. The molecule has 0 fully saturated rings. The molecule has 0 saturated heterocycles. The highest BCUT2D eigenvalue weighted by Crippen LogP contribution is 2.05. The van der Waals surface area contributed by atoms with Crippen molar-refractivity contribution in [2.24, 2.45) is 5.73 Å². The van der Waals surface area contributed by atoms with Crippen molar-refractivity contribution >= 4 is 0 Å². The van der Waals surface area contributed by atoms with Gasteiger partial charge < -0.3 is 5.73 Å². The number of hydrogen-bond donors (Lipinski definition) is 1. The fourth-order valence-electron chi connectivity index (χ4n) is 0.544. The van der Waals surface area contributed by atoms with Gasteiger partial charge in [0.05, 0.1) is 0 Å². The zero-order chi connectivity index (χ0) is 7.28. The number of rotatable bonds is 4. The molecule has 0 aromatic heterocycles. The maximum Gasteiger partial charge on any atom is 0.238 e. The quantitative estimate of drug-likeness (QED) is 0.627.